The highest BCUT2D eigenvalue weighted by Gasteiger charge is 2.23. The van der Waals surface area contributed by atoms with Crippen molar-refractivity contribution in [1.29, 1.82) is 0 Å². The number of ketones is 1. The molecule has 4 aromatic rings. The lowest BCUT2D eigenvalue weighted by molar-refractivity contribution is 0.0995. The first kappa shape index (κ1) is 14.9. The minimum atomic E-state index is -0.291. The molecule has 0 bridgehead atoms. The number of nitrogens with one attached hydrogen (secondary N) is 1. The van der Waals surface area contributed by atoms with Crippen molar-refractivity contribution >= 4 is 34.2 Å². The Morgan fingerprint density at radius 1 is 1.29 bits per heavy atom. The zero-order valence-corrected chi connectivity index (χ0v) is 14.0. The van der Waals surface area contributed by atoms with Gasteiger partial charge in [-0.25, -0.2) is 9.50 Å². The van der Waals surface area contributed by atoms with Gasteiger partial charge in [-0.1, -0.05) is 30.0 Å². The zero-order chi connectivity index (χ0) is 16.7. The van der Waals surface area contributed by atoms with Gasteiger partial charge < -0.3 is 4.98 Å². The predicted molar refractivity (Wildman–Crippen MR) is 93.5 cm³/mol. The van der Waals surface area contributed by atoms with Crippen molar-refractivity contribution in [2.75, 3.05) is 0 Å². The highest BCUT2D eigenvalue weighted by Crippen LogP contribution is 2.28. The molecule has 24 heavy (non-hydrogen) atoms. The van der Waals surface area contributed by atoms with Crippen LogP contribution in [0.5, 0.6) is 0 Å². The molecule has 0 saturated heterocycles. The highest BCUT2D eigenvalue weighted by molar-refractivity contribution is 8.00. The van der Waals surface area contributed by atoms with Crippen molar-refractivity contribution in [2.24, 2.45) is 0 Å². The summed E-state index contributed by atoms with van der Waals surface area (Å²) in [6.07, 6.45) is 3.46. The van der Waals surface area contributed by atoms with Gasteiger partial charge in [0.15, 0.2) is 5.78 Å². The molecule has 7 heteroatoms. The Morgan fingerprint density at radius 3 is 2.96 bits per heavy atom. The monoisotopic (exact) mass is 337 g/mol. The van der Waals surface area contributed by atoms with Crippen LogP contribution >= 0.6 is 11.8 Å². The fourth-order valence-electron chi connectivity index (χ4n) is 2.77. The summed E-state index contributed by atoms with van der Waals surface area (Å²) in [5.41, 5.74) is 2.61. The summed E-state index contributed by atoms with van der Waals surface area (Å²) in [5, 5.41) is 5.56. The van der Waals surface area contributed by atoms with Gasteiger partial charge in [-0.05, 0) is 26.0 Å². The van der Waals surface area contributed by atoms with Gasteiger partial charge in [-0.15, -0.1) is 5.10 Å². The maximum absolute atomic E-state index is 12.9. The Labute approximate surface area is 142 Å². The molecular formula is C17H15N5OS. The number of benzene rings is 1. The maximum atomic E-state index is 12.9. The molecule has 6 nitrogen and oxygen atoms in total. The second-order valence-electron chi connectivity index (χ2n) is 5.55. The molecule has 4 rings (SSSR count). The van der Waals surface area contributed by atoms with E-state index in [0.717, 1.165) is 22.2 Å². The van der Waals surface area contributed by atoms with Crippen LogP contribution in [0.1, 0.15) is 23.0 Å². The van der Waals surface area contributed by atoms with Crippen LogP contribution in [0.2, 0.25) is 0 Å². The standard InChI is InChI=1S/C17H15N5OS/c1-10-14(12-6-3-4-7-13(12)19-10)15(23)11(2)24-17-20-16-18-8-5-9-22(16)21-17/h3-9,11,19H,1-2H3/t11-/m0/s1. The number of thioether (sulfide) groups is 1. The number of hydrogen-bond donors (Lipinski definition) is 1. The summed E-state index contributed by atoms with van der Waals surface area (Å²) in [4.78, 5) is 24.7. The molecule has 120 valence electrons. The molecule has 0 unspecified atom stereocenters. The Balaban J connectivity index is 1.64. The van der Waals surface area contributed by atoms with Crippen LogP contribution in [-0.2, 0) is 0 Å². The van der Waals surface area contributed by atoms with Crippen LogP contribution in [0.15, 0.2) is 47.9 Å². The summed E-state index contributed by atoms with van der Waals surface area (Å²) < 4.78 is 1.61. The lowest BCUT2D eigenvalue weighted by Gasteiger charge is -2.08. The Kier molecular flexibility index (Phi) is 3.57. The van der Waals surface area contributed by atoms with Gasteiger partial charge in [-0.3, -0.25) is 4.79 Å². The fourth-order valence-corrected chi connectivity index (χ4v) is 3.58. The number of aromatic nitrogens is 5. The van der Waals surface area contributed by atoms with E-state index in [1.165, 1.54) is 11.8 Å². The number of carbonyl (C=O) groups is 1. The van der Waals surface area contributed by atoms with E-state index in [0.29, 0.717) is 10.9 Å². The van der Waals surface area contributed by atoms with Gasteiger partial charge in [0.05, 0.1) is 5.25 Å². The van der Waals surface area contributed by atoms with E-state index in [2.05, 4.69) is 20.1 Å². The molecule has 3 aromatic heterocycles. The van der Waals surface area contributed by atoms with E-state index in [1.807, 2.05) is 38.1 Å². The Bertz CT molecular complexity index is 1020. The average molecular weight is 337 g/mol. The van der Waals surface area contributed by atoms with Gasteiger partial charge in [0.25, 0.3) is 5.78 Å². The molecular weight excluding hydrogens is 322 g/mol. The molecule has 0 aliphatic heterocycles. The number of fused-ring (bicyclic) bond motifs is 2. The predicted octanol–water partition coefficient (Wildman–Crippen LogP) is 3.28. The second kappa shape index (κ2) is 5.76. The molecule has 1 N–H and O–H groups in total. The first-order valence-corrected chi connectivity index (χ1v) is 8.47. The summed E-state index contributed by atoms with van der Waals surface area (Å²) in [5.74, 6) is 0.602. The molecule has 3 heterocycles. The third kappa shape index (κ3) is 2.46. The summed E-state index contributed by atoms with van der Waals surface area (Å²) in [6.45, 7) is 3.81. The quantitative estimate of drug-likeness (QED) is 0.457. The van der Waals surface area contributed by atoms with E-state index in [-0.39, 0.29) is 11.0 Å². The molecule has 0 aliphatic carbocycles. The van der Waals surface area contributed by atoms with Crippen LogP contribution < -0.4 is 0 Å². The van der Waals surface area contributed by atoms with Crippen molar-refractivity contribution in [2.45, 2.75) is 24.3 Å². The van der Waals surface area contributed by atoms with Crippen LogP contribution in [-0.4, -0.2) is 35.6 Å². The number of para-hydroxylation sites is 1. The van der Waals surface area contributed by atoms with Crippen molar-refractivity contribution in [3.63, 3.8) is 0 Å². The lowest BCUT2D eigenvalue weighted by Crippen LogP contribution is -2.14. The largest absolute Gasteiger partial charge is 0.358 e. The molecule has 0 amide bonds. The molecule has 0 fully saturated rings. The highest BCUT2D eigenvalue weighted by atomic mass is 32.2. The molecule has 0 spiro atoms. The summed E-state index contributed by atoms with van der Waals surface area (Å²) in [6, 6.07) is 9.64. The van der Waals surface area contributed by atoms with Gasteiger partial charge in [0.2, 0.25) is 5.16 Å². The van der Waals surface area contributed by atoms with Crippen molar-refractivity contribution < 1.29 is 4.79 Å². The fraction of sp³-hybridized carbons (Fsp3) is 0.176. The maximum Gasteiger partial charge on any atom is 0.253 e. The number of H-pyrrole nitrogens is 1. The minimum absolute atomic E-state index is 0.0711. The van der Waals surface area contributed by atoms with Gasteiger partial charge in [-0.2, -0.15) is 4.98 Å². The number of nitrogens with zero attached hydrogens (tertiary/aromatic N) is 4. The number of rotatable bonds is 4. The second-order valence-corrected chi connectivity index (χ2v) is 6.86. The van der Waals surface area contributed by atoms with Crippen LogP contribution in [0, 0.1) is 6.92 Å². The Hall–Kier alpha value is -2.67. The van der Waals surface area contributed by atoms with Crippen LogP contribution in [0.3, 0.4) is 0 Å². The third-order valence-electron chi connectivity index (χ3n) is 3.89. The number of carbonyl (C=O) groups excluding carboxylic acids is 1. The zero-order valence-electron chi connectivity index (χ0n) is 13.2. The SMILES string of the molecule is Cc1[nH]c2ccccc2c1C(=O)[C@H](C)Sc1nc2ncccn2n1. The van der Waals surface area contributed by atoms with Crippen molar-refractivity contribution in [3.05, 3.63) is 54.0 Å². The molecule has 1 aromatic carbocycles. The van der Waals surface area contributed by atoms with Gasteiger partial charge in [0.1, 0.15) is 0 Å². The van der Waals surface area contributed by atoms with E-state index >= 15 is 0 Å². The van der Waals surface area contributed by atoms with Crippen LogP contribution in [0.4, 0.5) is 0 Å². The van der Waals surface area contributed by atoms with E-state index < -0.39 is 0 Å². The lowest BCUT2D eigenvalue weighted by atomic mass is 10.1. The number of aryl methyl sites for hydroxylation is 1. The summed E-state index contributed by atoms with van der Waals surface area (Å²) >= 11 is 1.35. The average Bonchev–Trinajstić information content (AvgIpc) is 3.13. The third-order valence-corrected chi connectivity index (χ3v) is 4.84. The molecule has 0 aliphatic rings. The van der Waals surface area contributed by atoms with Crippen molar-refractivity contribution in [3.8, 4) is 0 Å². The normalized spacial score (nSPS) is 12.8. The Morgan fingerprint density at radius 2 is 2.12 bits per heavy atom. The number of hydrogen-bond acceptors (Lipinski definition) is 5. The summed E-state index contributed by atoms with van der Waals surface area (Å²) in [7, 11) is 0. The van der Waals surface area contributed by atoms with Crippen LogP contribution in [0.25, 0.3) is 16.7 Å². The number of aromatic amines is 1. The molecule has 0 radical (unpaired) electrons. The van der Waals surface area contributed by atoms with E-state index in [9.17, 15) is 4.79 Å². The smallest absolute Gasteiger partial charge is 0.253 e. The first-order chi connectivity index (χ1) is 11.6. The topological polar surface area (TPSA) is 75.9 Å². The number of Topliss-reactive ketones (excluding diaryl/α,β-unsaturated/α-hetero) is 1. The van der Waals surface area contributed by atoms with E-state index in [1.54, 1.807) is 23.0 Å². The molecule has 0 saturated carbocycles. The van der Waals surface area contributed by atoms with Gasteiger partial charge in [0, 0.05) is 34.6 Å². The first-order valence-electron chi connectivity index (χ1n) is 7.59. The molecule has 1 atom stereocenters. The van der Waals surface area contributed by atoms with Gasteiger partial charge >= 0.3 is 0 Å². The minimum Gasteiger partial charge on any atom is -0.358 e. The van der Waals surface area contributed by atoms with Crippen molar-refractivity contribution in [1.82, 2.24) is 24.6 Å². The van der Waals surface area contributed by atoms with E-state index in [4.69, 9.17) is 0 Å².